The van der Waals surface area contributed by atoms with Gasteiger partial charge >= 0.3 is 23.9 Å². The Kier molecular flexibility index (Phi) is 22.3. The molecule has 0 aliphatic rings. The molecule has 15 N–H and O–H groups in total. The number of carbonyl (C=O) groups excluding carboxylic acids is 7. The predicted molar refractivity (Wildman–Crippen MR) is 225 cm³/mol. The first-order valence-corrected chi connectivity index (χ1v) is 20.2. The van der Waals surface area contributed by atoms with E-state index in [1.54, 1.807) is 60.7 Å². The summed E-state index contributed by atoms with van der Waals surface area (Å²) in [6.07, 6.45) is -5.24. The van der Waals surface area contributed by atoms with Crippen LogP contribution in [0.5, 0.6) is 0 Å². The maximum absolute atomic E-state index is 14.2. The van der Waals surface area contributed by atoms with Crippen LogP contribution in [0.4, 0.5) is 0 Å². The number of hydrogen-bond donors (Lipinski definition) is 14. The molecule has 9 atom stereocenters. The van der Waals surface area contributed by atoms with Gasteiger partial charge in [0.15, 0.2) is 0 Å². The summed E-state index contributed by atoms with van der Waals surface area (Å²) in [5.41, 5.74) is 6.55. The molecule has 7 amide bonds. The number of aliphatic hydroxyl groups is 2. The van der Waals surface area contributed by atoms with Crippen molar-refractivity contribution in [3.63, 3.8) is 0 Å². The Balaban J connectivity index is 2.44. The fourth-order valence-electron chi connectivity index (χ4n) is 5.90. The molecule has 66 heavy (non-hydrogen) atoms. The number of hydrogen-bond acceptors (Lipinski definition) is 14. The Morgan fingerprint density at radius 1 is 0.500 bits per heavy atom. The number of amides is 7. The van der Waals surface area contributed by atoms with Crippen molar-refractivity contribution < 1.29 is 83.4 Å². The molecule has 25 heteroatoms. The lowest BCUT2D eigenvalue weighted by atomic mass is 10.0. The molecule has 0 saturated heterocycles. The molecule has 0 saturated carbocycles. The van der Waals surface area contributed by atoms with Crippen LogP contribution in [-0.2, 0) is 65.6 Å². The lowest BCUT2D eigenvalue weighted by molar-refractivity contribution is -0.144. The number of carboxylic acids is 4. The summed E-state index contributed by atoms with van der Waals surface area (Å²) in [5.74, 6) is -14.2. The lowest BCUT2D eigenvalue weighted by Gasteiger charge is -2.28. The summed E-state index contributed by atoms with van der Waals surface area (Å²) in [7, 11) is 0. The van der Waals surface area contributed by atoms with Crippen molar-refractivity contribution >= 4 is 65.2 Å². The third kappa shape index (κ3) is 19.1. The maximum Gasteiger partial charge on any atom is 0.328 e. The average molecular weight is 931 g/mol. The van der Waals surface area contributed by atoms with Crippen LogP contribution in [0.2, 0.25) is 0 Å². The second kappa shape index (κ2) is 27.0. The Morgan fingerprint density at radius 3 is 1.29 bits per heavy atom. The van der Waals surface area contributed by atoms with Gasteiger partial charge in [-0.25, -0.2) is 4.79 Å². The molecule has 0 radical (unpaired) electrons. The molecule has 0 heterocycles. The van der Waals surface area contributed by atoms with E-state index in [4.69, 9.17) is 10.8 Å². The molecule has 25 nitrogen and oxygen atoms in total. The highest BCUT2D eigenvalue weighted by Gasteiger charge is 2.36. The Hall–Kier alpha value is -7.51. The molecule has 0 spiro atoms. The van der Waals surface area contributed by atoms with Gasteiger partial charge in [0.1, 0.15) is 42.3 Å². The standard InChI is InChI=1S/C41H54N8O17/c1-20(43-35(59)24(42)13-14-30(52)53)34(58)44-27(17-31(54)55)37(61)47-28(18-32(56)57)38(62)45-25(15-22-9-5-3-6-10-22)36(60)46-26(16-23-11-7-4-8-12-23)39(63)49-33(21(2)51)40(64)48-29(19-50)41(65)66/h3-12,20-21,24-29,33,50-51H,13-19,42H2,1-2H3,(H,43,59)(H,44,58)(H,45,62)(H,46,60)(H,47,61)(H,48,64)(H,49,63)(H,52,53)(H,54,55)(H,56,57)(H,65,66)/t20-,21+,24-,25-,26-,27-,28-,29-,33-/m0/s1. The van der Waals surface area contributed by atoms with Crippen molar-refractivity contribution in [3.8, 4) is 0 Å². The third-order valence-electron chi connectivity index (χ3n) is 9.47. The van der Waals surface area contributed by atoms with Crippen LogP contribution in [0.15, 0.2) is 60.7 Å². The summed E-state index contributed by atoms with van der Waals surface area (Å²) in [6.45, 7) is 1.21. The molecule has 0 bridgehead atoms. The Labute approximate surface area is 376 Å². The van der Waals surface area contributed by atoms with Gasteiger partial charge in [-0.3, -0.25) is 47.9 Å². The van der Waals surface area contributed by atoms with Crippen LogP contribution < -0.4 is 43.0 Å². The molecule has 2 rings (SSSR count). The van der Waals surface area contributed by atoms with Gasteiger partial charge in [-0.1, -0.05) is 60.7 Å². The number of aliphatic carboxylic acids is 4. The van der Waals surface area contributed by atoms with E-state index in [-0.39, 0.29) is 19.3 Å². The van der Waals surface area contributed by atoms with Gasteiger partial charge in [-0.15, -0.1) is 0 Å². The monoisotopic (exact) mass is 930 g/mol. The fraction of sp³-hybridized carbons (Fsp3) is 0.439. The molecular weight excluding hydrogens is 876 g/mol. The smallest absolute Gasteiger partial charge is 0.328 e. The van der Waals surface area contributed by atoms with E-state index >= 15 is 0 Å². The minimum Gasteiger partial charge on any atom is -0.481 e. The Bertz CT molecular complexity index is 2060. The van der Waals surface area contributed by atoms with Crippen molar-refractivity contribution in [2.45, 2.75) is 107 Å². The average Bonchev–Trinajstić information content (AvgIpc) is 3.25. The minimum absolute atomic E-state index is 0.263. The molecule has 0 unspecified atom stereocenters. The molecule has 2 aromatic carbocycles. The summed E-state index contributed by atoms with van der Waals surface area (Å²) in [4.78, 5) is 140. The van der Waals surface area contributed by atoms with E-state index in [0.717, 1.165) is 13.8 Å². The second-order valence-electron chi connectivity index (χ2n) is 14.9. The molecule has 0 aliphatic carbocycles. The highest BCUT2D eigenvalue weighted by Crippen LogP contribution is 2.10. The molecule has 0 aliphatic heterocycles. The summed E-state index contributed by atoms with van der Waals surface area (Å²) in [6, 6.07) is 2.32. The van der Waals surface area contributed by atoms with Crippen LogP contribution in [0.25, 0.3) is 0 Å². The van der Waals surface area contributed by atoms with Crippen LogP contribution in [0.1, 0.15) is 50.7 Å². The topological polar surface area (TPSA) is 419 Å². The van der Waals surface area contributed by atoms with Crippen LogP contribution in [0, 0.1) is 0 Å². The number of nitrogens with one attached hydrogen (secondary N) is 7. The molecular formula is C41H54N8O17. The number of rotatable bonds is 28. The van der Waals surface area contributed by atoms with E-state index in [2.05, 4.69) is 31.9 Å². The van der Waals surface area contributed by atoms with E-state index in [0.29, 0.717) is 11.1 Å². The molecule has 0 aromatic heterocycles. The zero-order chi connectivity index (χ0) is 49.7. The van der Waals surface area contributed by atoms with Gasteiger partial charge in [-0.2, -0.15) is 0 Å². The van der Waals surface area contributed by atoms with Crippen LogP contribution >= 0.6 is 0 Å². The van der Waals surface area contributed by atoms with E-state index < -0.39 is 146 Å². The quantitative estimate of drug-likeness (QED) is 0.0382. The molecule has 0 fully saturated rings. The summed E-state index contributed by atoms with van der Waals surface area (Å²) < 4.78 is 0. The van der Waals surface area contributed by atoms with Gasteiger partial charge in [0.25, 0.3) is 0 Å². The van der Waals surface area contributed by atoms with Gasteiger partial charge in [-0.05, 0) is 31.4 Å². The molecule has 360 valence electrons. The number of nitrogens with two attached hydrogens (primary N) is 1. The third-order valence-corrected chi connectivity index (χ3v) is 9.47. The molecule has 2 aromatic rings. The highest BCUT2D eigenvalue weighted by atomic mass is 16.4. The normalized spacial score (nSPS) is 14.9. The fourth-order valence-corrected chi connectivity index (χ4v) is 5.90. The van der Waals surface area contributed by atoms with Crippen molar-refractivity contribution in [1.82, 2.24) is 37.2 Å². The Morgan fingerprint density at radius 2 is 0.894 bits per heavy atom. The van der Waals surface area contributed by atoms with E-state index in [1.807, 2.05) is 5.32 Å². The lowest BCUT2D eigenvalue weighted by Crippen LogP contribution is -2.62. The van der Waals surface area contributed by atoms with Gasteiger partial charge in [0.2, 0.25) is 41.4 Å². The van der Waals surface area contributed by atoms with Crippen LogP contribution in [0.3, 0.4) is 0 Å². The zero-order valence-corrected chi connectivity index (χ0v) is 35.7. The first-order chi connectivity index (χ1) is 31.0. The van der Waals surface area contributed by atoms with Crippen LogP contribution in [-0.4, -0.2) is 157 Å². The predicted octanol–water partition coefficient (Wildman–Crippen LogP) is -4.52. The first-order valence-electron chi connectivity index (χ1n) is 20.2. The maximum atomic E-state index is 14.2. The largest absolute Gasteiger partial charge is 0.481 e. The highest BCUT2D eigenvalue weighted by molar-refractivity contribution is 5.99. The zero-order valence-electron chi connectivity index (χ0n) is 35.7. The van der Waals surface area contributed by atoms with Crippen molar-refractivity contribution in [3.05, 3.63) is 71.8 Å². The minimum atomic E-state index is -2.04. The van der Waals surface area contributed by atoms with Gasteiger partial charge in [0.05, 0.1) is 31.6 Å². The number of aliphatic hydroxyl groups excluding tert-OH is 2. The van der Waals surface area contributed by atoms with Gasteiger partial charge < -0.3 is 73.6 Å². The number of benzene rings is 2. The van der Waals surface area contributed by atoms with Gasteiger partial charge in [0, 0.05) is 19.3 Å². The second-order valence-corrected chi connectivity index (χ2v) is 14.9. The van der Waals surface area contributed by atoms with E-state index in [1.165, 1.54) is 0 Å². The summed E-state index contributed by atoms with van der Waals surface area (Å²) >= 11 is 0. The van der Waals surface area contributed by atoms with Crippen molar-refractivity contribution in [2.75, 3.05) is 6.61 Å². The number of carboxylic acid groups (broad SMARTS) is 4. The number of carbonyl (C=O) groups is 11. The summed E-state index contributed by atoms with van der Waals surface area (Å²) in [5, 5.41) is 72.5. The SMILES string of the molecule is C[C@H](NC(=O)[C@@H](N)CCC(=O)O)C(=O)N[C@@H](CC(=O)O)C(=O)N[C@@H](CC(=O)O)C(=O)N[C@@H](Cc1ccccc1)C(=O)N[C@@H](Cc1ccccc1)C(=O)N[C@H](C(=O)N[C@@H](CO)C(=O)O)[C@@H](C)O. The van der Waals surface area contributed by atoms with E-state index in [9.17, 15) is 78.3 Å². The van der Waals surface area contributed by atoms with Crippen molar-refractivity contribution in [1.29, 1.82) is 0 Å². The first kappa shape index (κ1) is 54.6. The van der Waals surface area contributed by atoms with Crippen molar-refractivity contribution in [2.24, 2.45) is 5.73 Å².